The number of hydrogen-bond donors (Lipinski definition) is 1. The third kappa shape index (κ3) is 3.57. The maximum Gasteiger partial charge on any atom is 0.255 e. The molecule has 7 heteroatoms. The summed E-state index contributed by atoms with van der Waals surface area (Å²) in [7, 11) is 1.69. The van der Waals surface area contributed by atoms with E-state index in [1.54, 1.807) is 31.8 Å². The van der Waals surface area contributed by atoms with Gasteiger partial charge in [-0.1, -0.05) is 0 Å². The second-order valence-electron chi connectivity index (χ2n) is 5.56. The van der Waals surface area contributed by atoms with Crippen LogP contribution in [-0.4, -0.2) is 19.1 Å². The Hall–Kier alpha value is -2.80. The van der Waals surface area contributed by atoms with Crippen molar-refractivity contribution in [1.82, 2.24) is 19.1 Å². The Morgan fingerprint density at radius 2 is 1.92 bits per heavy atom. The van der Waals surface area contributed by atoms with Crippen molar-refractivity contribution in [1.29, 1.82) is 0 Å². The van der Waals surface area contributed by atoms with Crippen LogP contribution in [0.1, 0.15) is 16.7 Å². The molecule has 24 heavy (non-hydrogen) atoms. The van der Waals surface area contributed by atoms with Gasteiger partial charge in [0.2, 0.25) is 0 Å². The van der Waals surface area contributed by atoms with Crippen LogP contribution in [0.25, 0.3) is 0 Å². The smallest absolute Gasteiger partial charge is 0.255 e. The summed E-state index contributed by atoms with van der Waals surface area (Å²) < 4.78 is 3.66. The van der Waals surface area contributed by atoms with Gasteiger partial charge in [-0.15, -0.1) is 0 Å². The van der Waals surface area contributed by atoms with E-state index in [1.165, 1.54) is 10.6 Å². The normalized spacial score (nSPS) is 10.7. The lowest BCUT2D eigenvalue weighted by atomic mass is 10.1. The van der Waals surface area contributed by atoms with E-state index in [2.05, 4.69) is 9.97 Å². The van der Waals surface area contributed by atoms with Crippen molar-refractivity contribution in [3.8, 4) is 0 Å². The Balaban J connectivity index is 1.95. The highest BCUT2D eigenvalue weighted by Gasteiger charge is 2.06. The monoisotopic (exact) mass is 340 g/mol. The van der Waals surface area contributed by atoms with Crippen LogP contribution < -0.4 is 11.1 Å². The standard InChI is InChI=1S/C17H16N4O2S/c1-20-7-4-13(9-15(20)22)8-14-11-21(17(24)19-16(14)23)10-12-2-5-18-6-3-12/h2-7,9,11H,8,10H2,1H3,(H,19,23,24). The zero-order valence-corrected chi connectivity index (χ0v) is 13.9. The third-order valence-corrected chi connectivity index (χ3v) is 4.09. The second kappa shape index (κ2) is 6.76. The van der Waals surface area contributed by atoms with Crippen molar-refractivity contribution >= 4 is 12.2 Å². The van der Waals surface area contributed by atoms with Gasteiger partial charge in [-0.05, 0) is 41.5 Å². The molecule has 0 aliphatic carbocycles. The molecular weight excluding hydrogens is 324 g/mol. The molecule has 3 aromatic heterocycles. The SMILES string of the molecule is Cn1ccc(Cc2cn(Cc3ccncc3)c(=S)[nH]c2=O)cc1=O. The Kier molecular flexibility index (Phi) is 4.52. The predicted octanol–water partition coefficient (Wildman–Crippen LogP) is 1.64. The van der Waals surface area contributed by atoms with Gasteiger partial charge in [0.05, 0.1) is 0 Å². The summed E-state index contributed by atoms with van der Waals surface area (Å²) in [6, 6.07) is 7.16. The van der Waals surface area contributed by atoms with Gasteiger partial charge >= 0.3 is 0 Å². The van der Waals surface area contributed by atoms with Crippen LogP contribution in [0.4, 0.5) is 0 Å². The van der Waals surface area contributed by atoms with E-state index in [-0.39, 0.29) is 11.1 Å². The molecule has 3 rings (SSSR count). The predicted molar refractivity (Wildman–Crippen MR) is 93.7 cm³/mol. The number of aromatic nitrogens is 4. The summed E-state index contributed by atoms with van der Waals surface area (Å²) in [5.41, 5.74) is 2.05. The van der Waals surface area contributed by atoms with E-state index in [0.29, 0.717) is 23.3 Å². The largest absolute Gasteiger partial charge is 0.320 e. The van der Waals surface area contributed by atoms with Gasteiger partial charge in [0.1, 0.15) is 0 Å². The number of aryl methyl sites for hydroxylation is 1. The highest BCUT2D eigenvalue weighted by molar-refractivity contribution is 7.71. The average Bonchev–Trinajstić information content (AvgIpc) is 2.56. The third-order valence-electron chi connectivity index (χ3n) is 3.75. The van der Waals surface area contributed by atoms with Crippen molar-refractivity contribution < 1.29 is 0 Å². The number of hydrogen-bond acceptors (Lipinski definition) is 4. The molecule has 0 unspecified atom stereocenters. The molecule has 0 aromatic carbocycles. The van der Waals surface area contributed by atoms with Crippen molar-refractivity contribution in [2.75, 3.05) is 0 Å². The highest BCUT2D eigenvalue weighted by Crippen LogP contribution is 2.06. The number of aromatic amines is 1. The molecule has 0 radical (unpaired) electrons. The topological polar surface area (TPSA) is 72.7 Å². The fraction of sp³-hybridized carbons (Fsp3) is 0.176. The Labute approximate surface area is 143 Å². The quantitative estimate of drug-likeness (QED) is 0.733. The molecule has 0 saturated carbocycles. The lowest BCUT2D eigenvalue weighted by molar-refractivity contribution is 0.732. The van der Waals surface area contributed by atoms with Crippen LogP contribution >= 0.6 is 12.2 Å². The van der Waals surface area contributed by atoms with Crippen molar-refractivity contribution in [3.63, 3.8) is 0 Å². The van der Waals surface area contributed by atoms with E-state index in [0.717, 1.165) is 11.1 Å². The molecule has 1 N–H and O–H groups in total. The molecule has 0 bridgehead atoms. The Morgan fingerprint density at radius 3 is 2.62 bits per heavy atom. The summed E-state index contributed by atoms with van der Waals surface area (Å²) >= 11 is 5.24. The summed E-state index contributed by atoms with van der Waals surface area (Å²) in [6.07, 6.45) is 7.24. The van der Waals surface area contributed by atoms with Crippen LogP contribution in [0, 0.1) is 4.77 Å². The maximum absolute atomic E-state index is 12.2. The first-order valence-electron chi connectivity index (χ1n) is 7.40. The minimum absolute atomic E-state index is 0.103. The van der Waals surface area contributed by atoms with Gasteiger partial charge in [0.15, 0.2) is 4.77 Å². The van der Waals surface area contributed by atoms with Crippen LogP contribution in [0.15, 0.2) is 58.6 Å². The summed E-state index contributed by atoms with van der Waals surface area (Å²) in [6.45, 7) is 0.543. The van der Waals surface area contributed by atoms with Crippen LogP contribution in [0.5, 0.6) is 0 Å². The maximum atomic E-state index is 12.2. The van der Waals surface area contributed by atoms with E-state index in [4.69, 9.17) is 12.2 Å². The van der Waals surface area contributed by atoms with Crippen molar-refractivity contribution in [2.45, 2.75) is 13.0 Å². The number of nitrogens with one attached hydrogen (secondary N) is 1. The zero-order chi connectivity index (χ0) is 17.1. The van der Waals surface area contributed by atoms with Crippen LogP contribution in [-0.2, 0) is 20.0 Å². The van der Waals surface area contributed by atoms with E-state index in [1.807, 2.05) is 22.8 Å². The molecule has 0 atom stereocenters. The van der Waals surface area contributed by atoms with Gasteiger partial charge in [-0.3, -0.25) is 19.6 Å². The molecule has 0 aliphatic rings. The van der Waals surface area contributed by atoms with E-state index in [9.17, 15) is 9.59 Å². The van der Waals surface area contributed by atoms with Crippen molar-refractivity contribution in [3.05, 3.63) is 91.2 Å². The van der Waals surface area contributed by atoms with Gasteiger partial charge in [-0.2, -0.15) is 0 Å². The highest BCUT2D eigenvalue weighted by atomic mass is 32.1. The lowest BCUT2D eigenvalue weighted by Crippen LogP contribution is -2.20. The molecular formula is C17H16N4O2S. The van der Waals surface area contributed by atoms with Gasteiger partial charge in [0.25, 0.3) is 11.1 Å². The Bertz CT molecular complexity index is 1030. The average molecular weight is 340 g/mol. The van der Waals surface area contributed by atoms with Crippen LogP contribution in [0.2, 0.25) is 0 Å². The van der Waals surface area contributed by atoms with Gasteiger partial charge < -0.3 is 9.13 Å². The summed E-state index contributed by atoms with van der Waals surface area (Å²) in [5, 5.41) is 0. The van der Waals surface area contributed by atoms with Gasteiger partial charge in [0, 0.05) is 56.4 Å². The number of nitrogens with zero attached hydrogens (tertiary/aromatic N) is 3. The molecule has 0 fully saturated rings. The lowest BCUT2D eigenvalue weighted by Gasteiger charge is -2.09. The van der Waals surface area contributed by atoms with Gasteiger partial charge in [-0.25, -0.2) is 0 Å². The minimum Gasteiger partial charge on any atom is -0.320 e. The number of H-pyrrole nitrogens is 1. The fourth-order valence-electron chi connectivity index (χ4n) is 2.40. The molecule has 0 aliphatic heterocycles. The first-order chi connectivity index (χ1) is 11.5. The summed E-state index contributed by atoms with van der Waals surface area (Å²) in [4.78, 5) is 30.6. The minimum atomic E-state index is -0.230. The first kappa shape index (κ1) is 16.1. The fourth-order valence-corrected chi connectivity index (χ4v) is 2.61. The molecule has 0 amide bonds. The molecule has 0 saturated heterocycles. The molecule has 0 spiro atoms. The van der Waals surface area contributed by atoms with E-state index >= 15 is 0 Å². The van der Waals surface area contributed by atoms with Crippen LogP contribution in [0.3, 0.4) is 0 Å². The summed E-state index contributed by atoms with van der Waals surface area (Å²) in [5.74, 6) is 0. The number of rotatable bonds is 4. The first-order valence-corrected chi connectivity index (χ1v) is 7.81. The molecule has 3 heterocycles. The van der Waals surface area contributed by atoms with E-state index < -0.39 is 0 Å². The molecule has 122 valence electrons. The molecule has 6 nitrogen and oxygen atoms in total. The second-order valence-corrected chi connectivity index (χ2v) is 5.94. The molecule has 3 aromatic rings. The zero-order valence-electron chi connectivity index (χ0n) is 13.1. The Morgan fingerprint density at radius 1 is 1.17 bits per heavy atom. The van der Waals surface area contributed by atoms with Crippen molar-refractivity contribution in [2.24, 2.45) is 7.05 Å². The number of pyridine rings is 2.